The molecular weight excluding hydrogens is 294 g/mol. The summed E-state index contributed by atoms with van der Waals surface area (Å²) in [6, 6.07) is 5.90. The fourth-order valence-electron chi connectivity index (χ4n) is 1.97. The van der Waals surface area contributed by atoms with Crippen LogP contribution in [0.4, 0.5) is 5.69 Å². The first-order valence-corrected chi connectivity index (χ1v) is 7.09. The van der Waals surface area contributed by atoms with Gasteiger partial charge in [0.1, 0.15) is 10.4 Å². The molecule has 0 radical (unpaired) electrons. The van der Waals surface area contributed by atoms with Gasteiger partial charge in [-0.15, -0.1) is 11.8 Å². The smallest absolute Gasteiger partial charge is 0.269 e. The van der Waals surface area contributed by atoms with Gasteiger partial charge in [-0.05, 0) is 18.4 Å². The number of rotatable bonds is 3. The molecule has 0 saturated heterocycles. The van der Waals surface area contributed by atoms with Crippen molar-refractivity contribution in [1.29, 1.82) is 0 Å². The Morgan fingerprint density at radius 2 is 2.05 bits per heavy atom. The zero-order chi connectivity index (χ0) is 15.0. The topological polar surface area (TPSA) is 107 Å². The van der Waals surface area contributed by atoms with Gasteiger partial charge in [-0.25, -0.2) is 9.67 Å². The van der Waals surface area contributed by atoms with Gasteiger partial charge in [-0.3, -0.25) is 14.9 Å². The number of hydrogen-bond acceptors (Lipinski definition) is 6. The van der Waals surface area contributed by atoms with E-state index >= 15 is 0 Å². The Bertz CT molecular complexity index is 884. The first-order chi connectivity index (χ1) is 10.1. The minimum atomic E-state index is -0.471. The lowest BCUT2D eigenvalue weighted by molar-refractivity contribution is -0.384. The summed E-state index contributed by atoms with van der Waals surface area (Å²) in [4.78, 5) is 28.8. The maximum Gasteiger partial charge on any atom is 0.269 e. The molecule has 0 spiro atoms. The zero-order valence-electron chi connectivity index (χ0n) is 10.8. The number of benzene rings is 1. The van der Waals surface area contributed by atoms with Crippen LogP contribution in [0.15, 0.2) is 40.4 Å². The third-order valence-electron chi connectivity index (χ3n) is 2.94. The molecule has 21 heavy (non-hydrogen) atoms. The number of H-pyrrole nitrogens is 1. The molecule has 0 amide bonds. The van der Waals surface area contributed by atoms with Crippen molar-refractivity contribution in [2.45, 2.75) is 5.03 Å². The first kappa shape index (κ1) is 13.3. The first-order valence-electron chi connectivity index (χ1n) is 5.87. The molecule has 0 bridgehead atoms. The van der Waals surface area contributed by atoms with E-state index in [-0.39, 0.29) is 11.2 Å². The number of non-ortho nitro benzene ring substituents is 1. The van der Waals surface area contributed by atoms with Crippen molar-refractivity contribution in [3.8, 4) is 5.69 Å². The quantitative estimate of drug-likeness (QED) is 0.448. The molecule has 0 fully saturated rings. The number of nitro groups is 1. The molecule has 0 aliphatic carbocycles. The van der Waals surface area contributed by atoms with E-state index in [0.717, 1.165) is 0 Å². The lowest BCUT2D eigenvalue weighted by Crippen LogP contribution is -2.07. The van der Waals surface area contributed by atoms with Crippen LogP contribution in [0.1, 0.15) is 0 Å². The molecule has 0 aliphatic heterocycles. The summed E-state index contributed by atoms with van der Waals surface area (Å²) >= 11 is 1.34. The normalized spacial score (nSPS) is 10.9. The lowest BCUT2D eigenvalue weighted by Gasteiger charge is -2.01. The number of fused-ring (bicyclic) bond motifs is 1. The van der Waals surface area contributed by atoms with Crippen molar-refractivity contribution < 1.29 is 4.92 Å². The third kappa shape index (κ3) is 2.17. The fraction of sp³-hybridized carbons (Fsp3) is 0.0833. The molecule has 2 aromatic heterocycles. The monoisotopic (exact) mass is 303 g/mol. The van der Waals surface area contributed by atoms with Crippen molar-refractivity contribution in [2.75, 3.05) is 6.26 Å². The zero-order valence-corrected chi connectivity index (χ0v) is 11.6. The van der Waals surface area contributed by atoms with E-state index in [4.69, 9.17) is 0 Å². The standard InChI is InChI=1S/C12H9N5O3S/c1-21-12-9-10(13-6-14-11(9)18)16(15-12)7-2-4-8(5-3-7)17(19)20/h2-6H,1H3,(H,13,14,18). The van der Waals surface area contributed by atoms with Gasteiger partial charge < -0.3 is 4.98 Å². The van der Waals surface area contributed by atoms with E-state index in [1.165, 1.54) is 34.9 Å². The summed E-state index contributed by atoms with van der Waals surface area (Å²) < 4.78 is 1.50. The van der Waals surface area contributed by atoms with Crippen LogP contribution in [0.25, 0.3) is 16.7 Å². The molecule has 0 aliphatic rings. The fourth-order valence-corrected chi connectivity index (χ4v) is 2.52. The molecule has 8 nitrogen and oxygen atoms in total. The van der Waals surface area contributed by atoms with Crippen LogP contribution in [0, 0.1) is 10.1 Å². The van der Waals surface area contributed by atoms with Gasteiger partial charge in [0, 0.05) is 12.1 Å². The predicted molar refractivity (Wildman–Crippen MR) is 77.9 cm³/mol. The Morgan fingerprint density at radius 1 is 1.33 bits per heavy atom. The summed E-state index contributed by atoms with van der Waals surface area (Å²) in [5.41, 5.74) is 0.740. The molecule has 3 rings (SSSR count). The van der Waals surface area contributed by atoms with Crippen LogP contribution in [0.3, 0.4) is 0 Å². The van der Waals surface area contributed by atoms with Gasteiger partial charge >= 0.3 is 0 Å². The molecule has 106 valence electrons. The molecule has 0 unspecified atom stereocenters. The van der Waals surface area contributed by atoms with Gasteiger partial charge in [-0.1, -0.05) is 0 Å². The Balaban J connectivity index is 2.23. The number of nitrogens with one attached hydrogen (secondary N) is 1. The van der Waals surface area contributed by atoms with Crippen LogP contribution in [-0.4, -0.2) is 30.9 Å². The average molecular weight is 303 g/mol. The summed E-state index contributed by atoms with van der Waals surface area (Å²) in [5.74, 6) is 0. The van der Waals surface area contributed by atoms with Gasteiger partial charge in [-0.2, -0.15) is 5.10 Å². The highest BCUT2D eigenvalue weighted by Gasteiger charge is 2.16. The van der Waals surface area contributed by atoms with Crippen molar-refractivity contribution in [3.05, 3.63) is 51.1 Å². The Hall–Kier alpha value is -2.68. The number of nitro benzene ring substituents is 1. The van der Waals surface area contributed by atoms with Gasteiger partial charge in [0.25, 0.3) is 11.2 Å². The molecule has 0 saturated carbocycles. The summed E-state index contributed by atoms with van der Waals surface area (Å²) in [6.45, 7) is 0. The number of nitrogens with zero attached hydrogens (tertiary/aromatic N) is 4. The Morgan fingerprint density at radius 3 is 2.67 bits per heavy atom. The van der Waals surface area contributed by atoms with Crippen LogP contribution in [0.2, 0.25) is 0 Å². The second-order valence-electron chi connectivity index (χ2n) is 4.12. The number of aromatic amines is 1. The van der Waals surface area contributed by atoms with E-state index < -0.39 is 4.92 Å². The molecular formula is C12H9N5O3S. The van der Waals surface area contributed by atoms with Crippen molar-refractivity contribution in [1.82, 2.24) is 19.7 Å². The van der Waals surface area contributed by atoms with E-state index in [0.29, 0.717) is 21.7 Å². The van der Waals surface area contributed by atoms with Crippen molar-refractivity contribution >= 4 is 28.5 Å². The molecule has 1 N–H and O–H groups in total. The number of hydrogen-bond donors (Lipinski definition) is 1. The summed E-state index contributed by atoms with van der Waals surface area (Å²) in [7, 11) is 0. The van der Waals surface area contributed by atoms with Crippen LogP contribution in [-0.2, 0) is 0 Å². The minimum absolute atomic E-state index is 0.00823. The maximum absolute atomic E-state index is 11.9. The highest BCUT2D eigenvalue weighted by molar-refractivity contribution is 7.98. The van der Waals surface area contributed by atoms with Crippen LogP contribution in [0.5, 0.6) is 0 Å². The van der Waals surface area contributed by atoms with Gasteiger partial charge in [0.05, 0.1) is 16.9 Å². The van der Waals surface area contributed by atoms with Crippen LogP contribution >= 0.6 is 11.8 Å². The molecule has 3 aromatic rings. The molecule has 1 aromatic carbocycles. The molecule has 2 heterocycles. The minimum Gasteiger partial charge on any atom is -0.312 e. The highest BCUT2D eigenvalue weighted by atomic mass is 32.2. The number of aromatic nitrogens is 4. The predicted octanol–water partition coefficient (Wildman–Crippen LogP) is 1.74. The average Bonchev–Trinajstić information content (AvgIpc) is 2.87. The van der Waals surface area contributed by atoms with Crippen LogP contribution < -0.4 is 5.56 Å². The van der Waals surface area contributed by atoms with E-state index in [1.54, 1.807) is 12.1 Å². The highest BCUT2D eigenvalue weighted by Crippen LogP contribution is 2.24. The number of thioether (sulfide) groups is 1. The van der Waals surface area contributed by atoms with E-state index in [9.17, 15) is 14.9 Å². The van der Waals surface area contributed by atoms with Gasteiger partial charge in [0.15, 0.2) is 5.65 Å². The van der Waals surface area contributed by atoms with Gasteiger partial charge in [0.2, 0.25) is 0 Å². The molecule has 0 atom stereocenters. The van der Waals surface area contributed by atoms with E-state index in [2.05, 4.69) is 15.1 Å². The second kappa shape index (κ2) is 5.02. The van der Waals surface area contributed by atoms with Crippen molar-refractivity contribution in [3.63, 3.8) is 0 Å². The molecule has 9 heteroatoms. The maximum atomic E-state index is 11.9. The summed E-state index contributed by atoms with van der Waals surface area (Å²) in [6.07, 6.45) is 3.12. The largest absolute Gasteiger partial charge is 0.312 e. The second-order valence-corrected chi connectivity index (χ2v) is 4.92. The summed E-state index contributed by atoms with van der Waals surface area (Å²) in [5, 5.41) is 16.0. The lowest BCUT2D eigenvalue weighted by atomic mass is 10.3. The van der Waals surface area contributed by atoms with E-state index in [1.807, 2.05) is 6.26 Å². The van der Waals surface area contributed by atoms with Crippen molar-refractivity contribution in [2.24, 2.45) is 0 Å². The third-order valence-corrected chi connectivity index (χ3v) is 3.61. The SMILES string of the molecule is CSc1nn(-c2ccc([N+](=O)[O-])cc2)c2nc[nH]c(=O)c12. The Kier molecular flexibility index (Phi) is 3.18. The Labute approximate surface area is 122 Å².